The normalized spacial score (nSPS) is 20.2. The van der Waals surface area contributed by atoms with Crippen LogP contribution in [0.4, 0.5) is 17.1 Å². The molecule has 2 fully saturated rings. The van der Waals surface area contributed by atoms with E-state index in [4.69, 9.17) is 10.5 Å². The summed E-state index contributed by atoms with van der Waals surface area (Å²) in [4.78, 5) is 28.3. The first kappa shape index (κ1) is 27.1. The zero-order valence-corrected chi connectivity index (χ0v) is 23.3. The summed E-state index contributed by atoms with van der Waals surface area (Å²) in [6.45, 7) is 3.10. The first-order chi connectivity index (χ1) is 19.0. The van der Waals surface area contributed by atoms with Crippen molar-refractivity contribution in [3.63, 3.8) is 0 Å². The highest BCUT2D eigenvalue weighted by molar-refractivity contribution is 9.10. The van der Waals surface area contributed by atoms with Crippen LogP contribution in [0.25, 0.3) is 6.08 Å². The van der Waals surface area contributed by atoms with Crippen molar-refractivity contribution in [2.45, 2.75) is 24.8 Å². The average molecular weight is 590 g/mol. The van der Waals surface area contributed by atoms with Crippen molar-refractivity contribution < 1.29 is 14.3 Å². The Morgan fingerprint density at radius 2 is 1.64 bits per heavy atom. The quantitative estimate of drug-likeness (QED) is 0.249. The van der Waals surface area contributed by atoms with Gasteiger partial charge in [-0.25, -0.2) is 0 Å². The van der Waals surface area contributed by atoms with Crippen LogP contribution in [0.15, 0.2) is 83.3 Å². The van der Waals surface area contributed by atoms with E-state index in [1.807, 2.05) is 48.5 Å². The highest BCUT2D eigenvalue weighted by atomic mass is 79.9. The summed E-state index contributed by atoms with van der Waals surface area (Å²) in [5, 5.41) is 5.93. The topological polar surface area (TPSA) is 96.7 Å². The SMILES string of the molecule is Nc1ccccc1NC(=O)C=Cc1ccc(C2CN(C3CCOCC3)CC2C(=O)Nc2ccc(Br)cc2)cc1. The molecule has 8 heteroatoms. The molecule has 2 aliphatic heterocycles. The zero-order valence-electron chi connectivity index (χ0n) is 21.7. The molecule has 5 rings (SSSR count). The molecule has 2 saturated heterocycles. The number of benzene rings is 3. The molecule has 202 valence electrons. The molecule has 0 aromatic heterocycles. The number of nitrogens with zero attached hydrogens (tertiary/aromatic N) is 1. The van der Waals surface area contributed by atoms with Crippen LogP contribution in [0.3, 0.4) is 0 Å². The molecule has 3 aromatic rings. The Labute approximate surface area is 237 Å². The van der Waals surface area contributed by atoms with E-state index in [0.29, 0.717) is 17.4 Å². The highest BCUT2D eigenvalue weighted by Crippen LogP contribution is 2.36. The minimum atomic E-state index is -0.246. The fourth-order valence-electron chi connectivity index (χ4n) is 5.37. The molecule has 39 heavy (non-hydrogen) atoms. The van der Waals surface area contributed by atoms with Crippen molar-refractivity contribution in [3.05, 3.63) is 94.5 Å². The third-order valence-electron chi connectivity index (χ3n) is 7.51. The number of carbonyl (C=O) groups is 2. The lowest BCUT2D eigenvalue weighted by atomic mass is 9.88. The van der Waals surface area contributed by atoms with Crippen LogP contribution in [-0.2, 0) is 14.3 Å². The Kier molecular flexibility index (Phi) is 8.76. The van der Waals surface area contributed by atoms with Gasteiger partial charge in [0.2, 0.25) is 11.8 Å². The molecule has 3 aromatic carbocycles. The lowest BCUT2D eigenvalue weighted by Gasteiger charge is -2.31. The maximum atomic E-state index is 13.5. The number of halogens is 1. The van der Waals surface area contributed by atoms with Crippen molar-refractivity contribution >= 4 is 50.9 Å². The van der Waals surface area contributed by atoms with Gasteiger partial charge in [0.1, 0.15) is 0 Å². The summed E-state index contributed by atoms with van der Waals surface area (Å²) in [5.74, 6) is -0.298. The summed E-state index contributed by atoms with van der Waals surface area (Å²) in [7, 11) is 0. The van der Waals surface area contributed by atoms with E-state index < -0.39 is 0 Å². The molecule has 2 amide bonds. The molecule has 2 heterocycles. The lowest BCUT2D eigenvalue weighted by Crippen LogP contribution is -2.38. The minimum Gasteiger partial charge on any atom is -0.397 e. The predicted octanol–water partition coefficient (Wildman–Crippen LogP) is 5.52. The molecule has 2 aliphatic rings. The van der Waals surface area contributed by atoms with Gasteiger partial charge in [0, 0.05) is 54.5 Å². The third-order valence-corrected chi connectivity index (χ3v) is 8.04. The molecular weight excluding hydrogens is 556 g/mol. The number of ether oxygens (including phenoxy) is 1. The highest BCUT2D eigenvalue weighted by Gasteiger charge is 2.41. The number of para-hydroxylation sites is 2. The fourth-order valence-corrected chi connectivity index (χ4v) is 5.63. The Hall–Kier alpha value is -3.46. The van der Waals surface area contributed by atoms with E-state index >= 15 is 0 Å². The van der Waals surface area contributed by atoms with Crippen LogP contribution < -0.4 is 16.4 Å². The van der Waals surface area contributed by atoms with Gasteiger partial charge < -0.3 is 21.1 Å². The molecule has 7 nitrogen and oxygen atoms in total. The molecule has 2 unspecified atom stereocenters. The van der Waals surface area contributed by atoms with Crippen molar-refractivity contribution in [1.29, 1.82) is 0 Å². The van der Waals surface area contributed by atoms with Crippen LogP contribution in [0.1, 0.15) is 29.9 Å². The van der Waals surface area contributed by atoms with Crippen LogP contribution in [0.5, 0.6) is 0 Å². The molecular formula is C31H33BrN4O3. The second-order valence-corrected chi connectivity index (χ2v) is 11.0. The first-order valence-corrected chi connectivity index (χ1v) is 14.1. The summed E-state index contributed by atoms with van der Waals surface area (Å²) in [6, 6.07) is 23.4. The molecule has 0 aliphatic carbocycles. The average Bonchev–Trinajstić information content (AvgIpc) is 3.41. The maximum Gasteiger partial charge on any atom is 0.248 e. The number of carbonyl (C=O) groups excluding carboxylic acids is 2. The number of hydrogen-bond donors (Lipinski definition) is 3. The Bertz CT molecular complexity index is 1320. The second kappa shape index (κ2) is 12.6. The number of amides is 2. The Morgan fingerprint density at radius 1 is 0.923 bits per heavy atom. The first-order valence-electron chi connectivity index (χ1n) is 13.3. The van der Waals surface area contributed by atoms with Crippen molar-refractivity contribution in [1.82, 2.24) is 4.90 Å². The van der Waals surface area contributed by atoms with Crippen LogP contribution in [0.2, 0.25) is 0 Å². The van der Waals surface area contributed by atoms with E-state index in [-0.39, 0.29) is 23.7 Å². The summed E-state index contributed by atoms with van der Waals surface area (Å²) < 4.78 is 6.55. The Balaban J connectivity index is 1.29. The van der Waals surface area contributed by atoms with Crippen LogP contribution in [0, 0.1) is 5.92 Å². The van der Waals surface area contributed by atoms with E-state index in [1.165, 1.54) is 6.08 Å². The number of likely N-dealkylation sites (tertiary alicyclic amines) is 1. The number of nitrogens with two attached hydrogens (primary N) is 1. The van der Waals surface area contributed by atoms with Crippen molar-refractivity contribution in [3.8, 4) is 0 Å². The number of rotatable bonds is 7. The van der Waals surface area contributed by atoms with E-state index in [0.717, 1.165) is 60.4 Å². The van der Waals surface area contributed by atoms with E-state index in [9.17, 15) is 9.59 Å². The number of anilines is 3. The molecule has 0 radical (unpaired) electrons. The predicted molar refractivity (Wildman–Crippen MR) is 159 cm³/mol. The fraction of sp³-hybridized carbons (Fsp3) is 0.290. The monoisotopic (exact) mass is 588 g/mol. The van der Waals surface area contributed by atoms with Gasteiger partial charge in [-0.3, -0.25) is 14.5 Å². The van der Waals surface area contributed by atoms with E-state index in [1.54, 1.807) is 18.2 Å². The van der Waals surface area contributed by atoms with Gasteiger partial charge in [0.15, 0.2) is 0 Å². The molecule has 0 spiro atoms. The van der Waals surface area contributed by atoms with Gasteiger partial charge in [0.25, 0.3) is 0 Å². The molecule has 0 saturated carbocycles. The number of nitrogen functional groups attached to an aromatic ring is 1. The zero-order chi connectivity index (χ0) is 27.2. The van der Waals surface area contributed by atoms with Crippen LogP contribution in [-0.4, -0.2) is 49.1 Å². The number of hydrogen-bond acceptors (Lipinski definition) is 5. The minimum absolute atomic E-state index is 0.0395. The smallest absolute Gasteiger partial charge is 0.248 e. The lowest BCUT2D eigenvalue weighted by molar-refractivity contribution is -0.120. The van der Waals surface area contributed by atoms with E-state index in [2.05, 4.69) is 43.6 Å². The largest absolute Gasteiger partial charge is 0.397 e. The van der Waals surface area contributed by atoms with Gasteiger partial charge in [-0.05, 0) is 66.4 Å². The Morgan fingerprint density at radius 3 is 2.36 bits per heavy atom. The third kappa shape index (κ3) is 6.95. The summed E-state index contributed by atoms with van der Waals surface area (Å²) >= 11 is 3.45. The van der Waals surface area contributed by atoms with Gasteiger partial charge in [-0.15, -0.1) is 0 Å². The number of nitrogens with one attached hydrogen (secondary N) is 2. The molecule has 2 atom stereocenters. The molecule has 0 bridgehead atoms. The maximum absolute atomic E-state index is 13.5. The van der Waals surface area contributed by atoms with Gasteiger partial charge in [-0.2, -0.15) is 0 Å². The van der Waals surface area contributed by atoms with Gasteiger partial charge in [-0.1, -0.05) is 52.3 Å². The molecule has 4 N–H and O–H groups in total. The summed E-state index contributed by atoms with van der Waals surface area (Å²) in [5.41, 5.74) is 9.85. The second-order valence-electron chi connectivity index (χ2n) is 10.1. The van der Waals surface area contributed by atoms with Gasteiger partial charge in [0.05, 0.1) is 17.3 Å². The standard InChI is InChI=1S/C31H33BrN4O3/c32-23-10-12-24(13-11-23)34-31(38)27-20-36(25-15-17-39-18-16-25)19-26(27)22-8-5-21(6-9-22)7-14-30(37)35-29-4-2-1-3-28(29)33/h1-14,25-27H,15-20,33H2,(H,34,38)(H,35,37). The van der Waals surface area contributed by atoms with Crippen LogP contribution >= 0.6 is 15.9 Å². The van der Waals surface area contributed by atoms with Gasteiger partial charge >= 0.3 is 0 Å². The summed E-state index contributed by atoms with van der Waals surface area (Å²) in [6.07, 6.45) is 5.26. The van der Waals surface area contributed by atoms with Crippen molar-refractivity contribution in [2.75, 3.05) is 42.7 Å². The van der Waals surface area contributed by atoms with Crippen molar-refractivity contribution in [2.24, 2.45) is 5.92 Å².